The van der Waals surface area contributed by atoms with Crippen molar-refractivity contribution in [2.75, 3.05) is 19.8 Å². The van der Waals surface area contributed by atoms with Gasteiger partial charge < -0.3 is 20.5 Å². The van der Waals surface area contributed by atoms with Gasteiger partial charge >= 0.3 is 5.97 Å². The van der Waals surface area contributed by atoms with Crippen molar-refractivity contribution in [2.24, 2.45) is 0 Å². The Kier molecular flexibility index (Phi) is 5.03. The Labute approximate surface area is 116 Å². The number of rotatable bonds is 5. The summed E-state index contributed by atoms with van der Waals surface area (Å²) in [6, 6.07) is 2.89. The molecule has 0 spiro atoms. The predicted molar refractivity (Wildman–Crippen MR) is 70.3 cm³/mol. The Bertz CT molecular complexity index is 486. The van der Waals surface area contributed by atoms with Crippen molar-refractivity contribution in [3.8, 4) is 0 Å². The molecule has 1 atom stereocenters. The molecule has 1 amide bonds. The highest BCUT2D eigenvalue weighted by molar-refractivity contribution is 5.87. The Hall–Kier alpha value is -1.99. The largest absolute Gasteiger partial charge is 0.478 e. The normalized spacial score (nSPS) is 18.5. The monoisotopic (exact) mass is 279 g/mol. The first-order valence-corrected chi connectivity index (χ1v) is 6.41. The number of carbonyl (C=O) groups excluding carboxylic acids is 1. The zero-order valence-electron chi connectivity index (χ0n) is 11.0. The molecule has 1 aromatic rings. The van der Waals surface area contributed by atoms with Crippen molar-refractivity contribution in [3.05, 3.63) is 29.6 Å². The highest BCUT2D eigenvalue weighted by atomic mass is 16.5. The number of nitrogens with zero attached hydrogens (tertiary/aromatic N) is 1. The van der Waals surface area contributed by atoms with Crippen LogP contribution in [0.5, 0.6) is 0 Å². The molecular formula is C13H17N3O4. The fourth-order valence-electron chi connectivity index (χ4n) is 1.94. The van der Waals surface area contributed by atoms with Crippen molar-refractivity contribution >= 4 is 11.9 Å². The summed E-state index contributed by atoms with van der Waals surface area (Å²) in [5.41, 5.74) is 0.678. The molecule has 0 aromatic carbocycles. The molecule has 2 rings (SSSR count). The van der Waals surface area contributed by atoms with E-state index >= 15 is 0 Å². The maximum atomic E-state index is 11.8. The predicted octanol–water partition coefficient (Wildman–Crippen LogP) is -0.225. The summed E-state index contributed by atoms with van der Waals surface area (Å²) in [5.74, 6) is -1.13. The van der Waals surface area contributed by atoms with Gasteiger partial charge in [0.05, 0.1) is 31.0 Å². The van der Waals surface area contributed by atoms with Gasteiger partial charge in [-0.3, -0.25) is 9.78 Å². The number of nitrogens with one attached hydrogen (secondary N) is 2. The first-order chi connectivity index (χ1) is 9.65. The highest BCUT2D eigenvalue weighted by Gasteiger charge is 2.16. The molecule has 0 bridgehead atoms. The SMILES string of the molecule is O=C(CC1COCCN1)NCc1cc(C(=O)O)ccn1. The fraction of sp³-hybridized carbons (Fsp3) is 0.462. The van der Waals surface area contributed by atoms with Gasteiger partial charge in [-0.05, 0) is 12.1 Å². The van der Waals surface area contributed by atoms with Crippen LogP contribution in [0.4, 0.5) is 0 Å². The lowest BCUT2D eigenvalue weighted by Crippen LogP contribution is -2.44. The van der Waals surface area contributed by atoms with Gasteiger partial charge in [-0.1, -0.05) is 0 Å². The van der Waals surface area contributed by atoms with Crippen molar-refractivity contribution in [1.82, 2.24) is 15.6 Å². The number of amides is 1. The van der Waals surface area contributed by atoms with Crippen LogP contribution in [0.1, 0.15) is 22.5 Å². The molecule has 1 aliphatic rings. The zero-order chi connectivity index (χ0) is 14.4. The van der Waals surface area contributed by atoms with E-state index in [1.54, 1.807) is 0 Å². The molecule has 1 saturated heterocycles. The Balaban J connectivity index is 1.80. The van der Waals surface area contributed by atoms with Gasteiger partial charge in [-0.25, -0.2) is 4.79 Å². The van der Waals surface area contributed by atoms with Crippen molar-refractivity contribution in [3.63, 3.8) is 0 Å². The molecule has 108 valence electrons. The van der Waals surface area contributed by atoms with Crippen molar-refractivity contribution in [2.45, 2.75) is 19.0 Å². The fourth-order valence-corrected chi connectivity index (χ4v) is 1.94. The van der Waals surface area contributed by atoms with E-state index in [0.29, 0.717) is 25.3 Å². The number of carbonyl (C=O) groups is 2. The molecule has 0 radical (unpaired) electrons. The molecule has 20 heavy (non-hydrogen) atoms. The Morgan fingerprint density at radius 1 is 1.55 bits per heavy atom. The first-order valence-electron chi connectivity index (χ1n) is 6.41. The molecule has 1 unspecified atom stereocenters. The van der Waals surface area contributed by atoms with Crippen LogP contribution in [0.2, 0.25) is 0 Å². The minimum Gasteiger partial charge on any atom is -0.478 e. The number of morpholine rings is 1. The number of aromatic nitrogens is 1. The summed E-state index contributed by atoms with van der Waals surface area (Å²) in [7, 11) is 0. The highest BCUT2D eigenvalue weighted by Crippen LogP contribution is 2.03. The quantitative estimate of drug-likeness (QED) is 0.688. The van der Waals surface area contributed by atoms with E-state index in [2.05, 4.69) is 15.6 Å². The minimum atomic E-state index is -1.01. The van der Waals surface area contributed by atoms with E-state index < -0.39 is 5.97 Å². The van der Waals surface area contributed by atoms with Crippen molar-refractivity contribution in [1.29, 1.82) is 0 Å². The summed E-state index contributed by atoms with van der Waals surface area (Å²) in [6.07, 6.45) is 1.75. The first kappa shape index (κ1) is 14.4. The minimum absolute atomic E-state index is 0.0297. The van der Waals surface area contributed by atoms with Crippen LogP contribution in [-0.4, -0.2) is 47.8 Å². The lowest BCUT2D eigenvalue weighted by Gasteiger charge is -2.23. The maximum absolute atomic E-state index is 11.8. The van der Waals surface area contributed by atoms with Gasteiger partial charge in [0.25, 0.3) is 0 Å². The summed E-state index contributed by atoms with van der Waals surface area (Å²) in [6.45, 7) is 2.16. The van der Waals surface area contributed by atoms with E-state index in [-0.39, 0.29) is 24.1 Å². The van der Waals surface area contributed by atoms with E-state index in [4.69, 9.17) is 9.84 Å². The number of carboxylic acid groups (broad SMARTS) is 1. The summed E-state index contributed by atoms with van der Waals surface area (Å²) in [5, 5.41) is 14.8. The molecule has 2 heterocycles. The number of carboxylic acids is 1. The summed E-state index contributed by atoms with van der Waals surface area (Å²) < 4.78 is 5.27. The van der Waals surface area contributed by atoms with Crippen LogP contribution in [-0.2, 0) is 16.1 Å². The average Bonchev–Trinajstić information content (AvgIpc) is 2.46. The van der Waals surface area contributed by atoms with E-state index in [9.17, 15) is 9.59 Å². The second-order valence-corrected chi connectivity index (χ2v) is 4.55. The van der Waals surface area contributed by atoms with Gasteiger partial charge in [-0.2, -0.15) is 0 Å². The van der Waals surface area contributed by atoms with Crippen LogP contribution < -0.4 is 10.6 Å². The van der Waals surface area contributed by atoms with Gasteiger partial charge in [0.1, 0.15) is 0 Å². The molecule has 7 nitrogen and oxygen atoms in total. The zero-order valence-corrected chi connectivity index (χ0v) is 11.0. The number of ether oxygens (including phenoxy) is 1. The average molecular weight is 279 g/mol. The van der Waals surface area contributed by atoms with Crippen LogP contribution in [0.25, 0.3) is 0 Å². The maximum Gasteiger partial charge on any atom is 0.335 e. The van der Waals surface area contributed by atoms with Gasteiger partial charge in [0, 0.05) is 25.2 Å². The molecule has 1 aromatic heterocycles. The number of hydrogen-bond acceptors (Lipinski definition) is 5. The molecule has 3 N–H and O–H groups in total. The molecular weight excluding hydrogens is 262 g/mol. The van der Waals surface area contributed by atoms with Crippen LogP contribution in [0.15, 0.2) is 18.3 Å². The third kappa shape index (κ3) is 4.29. The van der Waals surface area contributed by atoms with Crippen LogP contribution >= 0.6 is 0 Å². The van der Waals surface area contributed by atoms with Gasteiger partial charge in [-0.15, -0.1) is 0 Å². The second kappa shape index (κ2) is 6.97. The van der Waals surface area contributed by atoms with Crippen molar-refractivity contribution < 1.29 is 19.4 Å². The summed E-state index contributed by atoms with van der Waals surface area (Å²) >= 11 is 0. The van der Waals surface area contributed by atoms with Crippen LogP contribution in [0, 0.1) is 0 Å². The number of pyridine rings is 1. The Morgan fingerprint density at radius 3 is 3.10 bits per heavy atom. The van der Waals surface area contributed by atoms with E-state index in [1.165, 1.54) is 18.3 Å². The molecule has 1 aliphatic heterocycles. The molecule has 1 fully saturated rings. The second-order valence-electron chi connectivity index (χ2n) is 4.55. The molecule has 0 saturated carbocycles. The Morgan fingerprint density at radius 2 is 2.40 bits per heavy atom. The third-order valence-electron chi connectivity index (χ3n) is 2.96. The third-order valence-corrected chi connectivity index (χ3v) is 2.96. The number of aromatic carboxylic acids is 1. The smallest absolute Gasteiger partial charge is 0.335 e. The lowest BCUT2D eigenvalue weighted by atomic mass is 10.2. The van der Waals surface area contributed by atoms with E-state index in [1.807, 2.05) is 0 Å². The number of hydrogen-bond donors (Lipinski definition) is 3. The topological polar surface area (TPSA) is 101 Å². The molecule has 0 aliphatic carbocycles. The van der Waals surface area contributed by atoms with Crippen LogP contribution in [0.3, 0.4) is 0 Å². The summed E-state index contributed by atoms with van der Waals surface area (Å²) in [4.78, 5) is 26.6. The van der Waals surface area contributed by atoms with Gasteiger partial charge in [0.15, 0.2) is 0 Å². The van der Waals surface area contributed by atoms with Gasteiger partial charge in [0.2, 0.25) is 5.91 Å². The van der Waals surface area contributed by atoms with E-state index in [0.717, 1.165) is 6.54 Å². The standard InChI is InChI=1S/C13H17N3O4/c17-12(6-11-8-20-4-3-15-11)16-7-10-5-9(13(18)19)1-2-14-10/h1-2,5,11,15H,3-4,6-8H2,(H,16,17)(H,18,19). The lowest BCUT2D eigenvalue weighted by molar-refractivity contribution is -0.122. The molecule has 7 heteroatoms.